The van der Waals surface area contributed by atoms with Crippen LogP contribution in [-0.4, -0.2) is 41.5 Å². The molecule has 2 aromatic rings. The van der Waals surface area contributed by atoms with Crippen LogP contribution in [0.5, 0.6) is 0 Å². The molecule has 4 heterocycles. The maximum atomic E-state index is 12.1. The van der Waals surface area contributed by atoms with E-state index in [1.54, 1.807) is 22.7 Å². The molecule has 5 nitrogen and oxygen atoms in total. The van der Waals surface area contributed by atoms with E-state index in [2.05, 4.69) is 39.2 Å². The molecule has 2 aliphatic rings. The van der Waals surface area contributed by atoms with Gasteiger partial charge in [0.15, 0.2) is 0 Å². The van der Waals surface area contributed by atoms with Gasteiger partial charge in [-0.1, -0.05) is 6.07 Å². The summed E-state index contributed by atoms with van der Waals surface area (Å²) < 4.78 is 0. The van der Waals surface area contributed by atoms with Crippen molar-refractivity contribution in [3.05, 3.63) is 44.3 Å². The molecule has 7 heteroatoms. The van der Waals surface area contributed by atoms with E-state index in [-0.39, 0.29) is 18.0 Å². The Hall–Kier alpha value is -1.70. The first kappa shape index (κ1) is 14.9. The van der Waals surface area contributed by atoms with Crippen molar-refractivity contribution in [1.82, 2.24) is 15.1 Å². The molecule has 23 heavy (non-hydrogen) atoms. The van der Waals surface area contributed by atoms with Gasteiger partial charge in [0, 0.05) is 29.3 Å². The molecule has 0 aromatic carbocycles. The van der Waals surface area contributed by atoms with E-state index in [4.69, 9.17) is 0 Å². The molecule has 0 saturated carbocycles. The lowest BCUT2D eigenvalue weighted by Crippen LogP contribution is -2.55. The number of imide groups is 1. The summed E-state index contributed by atoms with van der Waals surface area (Å²) in [5.74, 6) is -0.0882. The van der Waals surface area contributed by atoms with Crippen LogP contribution in [0.15, 0.2) is 29.0 Å². The Morgan fingerprint density at radius 3 is 2.87 bits per heavy atom. The Labute approximate surface area is 142 Å². The number of urea groups is 1. The number of fused-ring (bicyclic) bond motifs is 1. The lowest BCUT2D eigenvalue weighted by atomic mass is 9.99. The molecular formula is C16H17N3O2S2. The highest BCUT2D eigenvalue weighted by Gasteiger charge is 2.34. The number of rotatable bonds is 3. The van der Waals surface area contributed by atoms with Crippen molar-refractivity contribution in [1.29, 1.82) is 0 Å². The third-order valence-corrected chi connectivity index (χ3v) is 6.28. The van der Waals surface area contributed by atoms with Crippen molar-refractivity contribution in [2.45, 2.75) is 18.9 Å². The average Bonchev–Trinajstić information content (AvgIpc) is 3.21. The molecule has 1 fully saturated rings. The van der Waals surface area contributed by atoms with Crippen LogP contribution in [0.2, 0.25) is 0 Å². The van der Waals surface area contributed by atoms with Gasteiger partial charge in [-0.05, 0) is 34.9 Å². The molecular weight excluding hydrogens is 330 g/mol. The number of hydrogen-bond acceptors (Lipinski definition) is 5. The molecule has 4 rings (SSSR count). The van der Waals surface area contributed by atoms with Crippen molar-refractivity contribution < 1.29 is 9.59 Å². The standard InChI is InChI=1S/C16H17N3O2S2/c20-14-3-6-17-16(21)19(14)10-18-7-4-12-11(5-9-23-12)15(18)13-2-1-8-22-13/h1-2,5,8-9,15H,3-4,6-7,10H2,(H,17,21)/t15-/m1/s1. The second kappa shape index (κ2) is 6.07. The highest BCUT2D eigenvalue weighted by molar-refractivity contribution is 7.10. The second-order valence-corrected chi connectivity index (χ2v) is 7.70. The first-order valence-electron chi connectivity index (χ1n) is 7.66. The summed E-state index contributed by atoms with van der Waals surface area (Å²) in [6.45, 7) is 1.65. The molecule has 0 unspecified atom stereocenters. The van der Waals surface area contributed by atoms with Crippen LogP contribution in [-0.2, 0) is 11.2 Å². The summed E-state index contributed by atoms with van der Waals surface area (Å²) in [6.07, 6.45) is 1.35. The van der Waals surface area contributed by atoms with E-state index in [0.717, 1.165) is 13.0 Å². The third-order valence-electron chi connectivity index (χ3n) is 4.36. The Morgan fingerprint density at radius 1 is 1.17 bits per heavy atom. The smallest absolute Gasteiger partial charge is 0.325 e. The first-order valence-corrected chi connectivity index (χ1v) is 9.42. The van der Waals surface area contributed by atoms with Gasteiger partial charge in [0.25, 0.3) is 0 Å². The highest BCUT2D eigenvalue weighted by Crippen LogP contribution is 2.39. The number of hydrogen-bond donors (Lipinski definition) is 1. The molecule has 2 aromatic heterocycles. The lowest BCUT2D eigenvalue weighted by Gasteiger charge is -2.39. The number of amides is 3. The first-order chi connectivity index (χ1) is 11.2. The van der Waals surface area contributed by atoms with Crippen LogP contribution < -0.4 is 5.32 Å². The second-order valence-electron chi connectivity index (χ2n) is 5.72. The van der Waals surface area contributed by atoms with Gasteiger partial charge in [-0.15, -0.1) is 22.7 Å². The summed E-state index contributed by atoms with van der Waals surface area (Å²) >= 11 is 3.52. The summed E-state index contributed by atoms with van der Waals surface area (Å²) in [6, 6.07) is 6.22. The van der Waals surface area contributed by atoms with E-state index in [9.17, 15) is 9.59 Å². The summed E-state index contributed by atoms with van der Waals surface area (Å²) in [4.78, 5) is 30.4. The van der Waals surface area contributed by atoms with Gasteiger partial charge in [0.1, 0.15) is 0 Å². The van der Waals surface area contributed by atoms with Gasteiger partial charge in [-0.3, -0.25) is 14.6 Å². The number of thiophene rings is 2. The Morgan fingerprint density at radius 2 is 2.09 bits per heavy atom. The van der Waals surface area contributed by atoms with E-state index >= 15 is 0 Å². The van der Waals surface area contributed by atoms with Gasteiger partial charge >= 0.3 is 6.03 Å². The Bertz CT molecular complexity index is 710. The van der Waals surface area contributed by atoms with E-state index in [0.29, 0.717) is 19.6 Å². The lowest BCUT2D eigenvalue weighted by molar-refractivity contribution is -0.131. The van der Waals surface area contributed by atoms with Crippen molar-refractivity contribution in [2.24, 2.45) is 0 Å². The van der Waals surface area contributed by atoms with Gasteiger partial charge in [0.2, 0.25) is 5.91 Å². The quantitative estimate of drug-likeness (QED) is 0.929. The van der Waals surface area contributed by atoms with Crippen molar-refractivity contribution in [3.63, 3.8) is 0 Å². The molecule has 1 atom stereocenters. The summed E-state index contributed by atoms with van der Waals surface area (Å²) in [7, 11) is 0. The van der Waals surface area contributed by atoms with Crippen LogP contribution in [0.3, 0.4) is 0 Å². The maximum Gasteiger partial charge on any atom is 0.325 e. The largest absolute Gasteiger partial charge is 0.337 e. The summed E-state index contributed by atoms with van der Waals surface area (Å²) in [5, 5.41) is 6.97. The molecule has 0 aliphatic carbocycles. The molecule has 0 spiro atoms. The maximum absolute atomic E-state index is 12.1. The van der Waals surface area contributed by atoms with Gasteiger partial charge in [-0.25, -0.2) is 4.79 Å². The minimum absolute atomic E-state index is 0.0882. The number of carbonyl (C=O) groups is 2. The summed E-state index contributed by atoms with van der Waals surface area (Å²) in [5.41, 5.74) is 1.31. The topological polar surface area (TPSA) is 52.7 Å². The number of nitrogens with zero attached hydrogens (tertiary/aromatic N) is 2. The van der Waals surface area contributed by atoms with Crippen molar-refractivity contribution in [2.75, 3.05) is 19.8 Å². The van der Waals surface area contributed by atoms with Gasteiger partial charge in [0.05, 0.1) is 12.7 Å². The Balaban J connectivity index is 1.64. The van der Waals surface area contributed by atoms with Crippen LogP contribution in [0.25, 0.3) is 0 Å². The van der Waals surface area contributed by atoms with Crippen LogP contribution in [0.1, 0.15) is 27.8 Å². The molecule has 3 amide bonds. The normalized spacial score (nSPS) is 22.1. The van der Waals surface area contributed by atoms with E-state index < -0.39 is 0 Å². The zero-order valence-corrected chi connectivity index (χ0v) is 14.2. The van der Waals surface area contributed by atoms with Gasteiger partial charge in [-0.2, -0.15) is 0 Å². The molecule has 120 valence electrons. The number of nitrogens with one attached hydrogen (secondary N) is 1. The zero-order chi connectivity index (χ0) is 15.8. The fourth-order valence-electron chi connectivity index (χ4n) is 3.25. The SMILES string of the molecule is O=C1CCNC(=O)N1CN1CCc2sccc2[C@@H]1c1cccs1. The minimum atomic E-state index is -0.276. The van der Waals surface area contributed by atoms with Crippen molar-refractivity contribution in [3.8, 4) is 0 Å². The predicted octanol–water partition coefficient (Wildman–Crippen LogP) is 2.66. The minimum Gasteiger partial charge on any atom is -0.337 e. The fraction of sp³-hybridized carbons (Fsp3) is 0.375. The molecule has 0 radical (unpaired) electrons. The highest BCUT2D eigenvalue weighted by atomic mass is 32.1. The molecule has 1 N–H and O–H groups in total. The molecule has 0 bridgehead atoms. The molecule has 2 aliphatic heterocycles. The van der Waals surface area contributed by atoms with Crippen LogP contribution >= 0.6 is 22.7 Å². The average molecular weight is 347 g/mol. The van der Waals surface area contributed by atoms with Crippen LogP contribution in [0, 0.1) is 0 Å². The predicted molar refractivity (Wildman–Crippen MR) is 90.6 cm³/mol. The van der Waals surface area contributed by atoms with Crippen molar-refractivity contribution >= 4 is 34.6 Å². The van der Waals surface area contributed by atoms with E-state index in [1.165, 1.54) is 20.2 Å². The van der Waals surface area contributed by atoms with Gasteiger partial charge < -0.3 is 5.32 Å². The zero-order valence-electron chi connectivity index (χ0n) is 12.5. The fourth-order valence-corrected chi connectivity index (χ4v) is 5.03. The monoisotopic (exact) mass is 347 g/mol. The Kier molecular flexibility index (Phi) is 3.92. The molecule has 1 saturated heterocycles. The number of carbonyl (C=O) groups excluding carboxylic acids is 2. The third kappa shape index (κ3) is 2.69. The van der Waals surface area contributed by atoms with Crippen LogP contribution in [0.4, 0.5) is 4.79 Å². The van der Waals surface area contributed by atoms with E-state index in [1.807, 2.05) is 0 Å².